The molecule has 0 aliphatic rings. The molecule has 0 radical (unpaired) electrons. The highest BCUT2D eigenvalue weighted by Crippen LogP contribution is 2.18. The zero-order valence-corrected chi connectivity index (χ0v) is 10.0. The van der Waals surface area contributed by atoms with Crippen LogP contribution in [0.1, 0.15) is 22.3 Å². The van der Waals surface area contributed by atoms with E-state index in [0.29, 0.717) is 16.0 Å². The molecule has 0 bridgehead atoms. The van der Waals surface area contributed by atoms with Crippen molar-refractivity contribution in [2.45, 2.75) is 24.4 Å². The molecule has 0 aliphatic carbocycles. The lowest BCUT2D eigenvalue weighted by Crippen LogP contribution is -2.28. The van der Waals surface area contributed by atoms with E-state index in [1.807, 2.05) is 0 Å². The van der Waals surface area contributed by atoms with Crippen molar-refractivity contribution in [3.05, 3.63) is 29.3 Å². The summed E-state index contributed by atoms with van der Waals surface area (Å²) in [6.07, 6.45) is -5.29. The molecule has 17 heavy (non-hydrogen) atoms. The van der Waals surface area contributed by atoms with E-state index in [2.05, 4.69) is 17.9 Å². The van der Waals surface area contributed by atoms with Crippen LogP contribution in [0.4, 0.5) is 13.2 Å². The van der Waals surface area contributed by atoms with Crippen molar-refractivity contribution in [2.75, 3.05) is 6.54 Å². The van der Waals surface area contributed by atoms with Crippen LogP contribution < -0.4 is 5.32 Å². The lowest BCUT2D eigenvalue weighted by atomic mass is 10.1. The van der Waals surface area contributed by atoms with Crippen LogP contribution in [0.15, 0.2) is 23.1 Å². The molecule has 0 aromatic heterocycles. The SMILES string of the molecule is Cc1ccc(S)cc1C(=O)NCCC(F)(F)F. The van der Waals surface area contributed by atoms with Gasteiger partial charge in [0.2, 0.25) is 0 Å². The minimum Gasteiger partial charge on any atom is -0.352 e. The number of aryl methyl sites for hydroxylation is 1. The third-order valence-electron chi connectivity index (χ3n) is 2.16. The van der Waals surface area contributed by atoms with Gasteiger partial charge in [0, 0.05) is 17.0 Å². The molecule has 1 rings (SSSR count). The zero-order chi connectivity index (χ0) is 13.1. The highest BCUT2D eigenvalue weighted by molar-refractivity contribution is 7.80. The second-order valence-electron chi connectivity index (χ2n) is 3.62. The van der Waals surface area contributed by atoms with Crippen molar-refractivity contribution < 1.29 is 18.0 Å². The summed E-state index contributed by atoms with van der Waals surface area (Å²) in [4.78, 5) is 12.2. The molecule has 0 saturated carbocycles. The molecule has 0 atom stereocenters. The largest absolute Gasteiger partial charge is 0.390 e. The number of carbonyl (C=O) groups excluding carboxylic acids is 1. The average molecular weight is 263 g/mol. The molecule has 94 valence electrons. The summed E-state index contributed by atoms with van der Waals surface area (Å²) < 4.78 is 35.7. The fraction of sp³-hybridized carbons (Fsp3) is 0.364. The third kappa shape index (κ3) is 4.68. The molecule has 0 saturated heterocycles. The first kappa shape index (κ1) is 13.9. The van der Waals surface area contributed by atoms with Gasteiger partial charge < -0.3 is 5.32 Å². The number of thiol groups is 1. The quantitative estimate of drug-likeness (QED) is 0.807. The van der Waals surface area contributed by atoms with E-state index < -0.39 is 25.0 Å². The van der Waals surface area contributed by atoms with Gasteiger partial charge in [-0.1, -0.05) is 6.07 Å². The summed E-state index contributed by atoms with van der Waals surface area (Å²) >= 11 is 4.07. The molecule has 2 nitrogen and oxygen atoms in total. The van der Waals surface area contributed by atoms with Crippen molar-refractivity contribution in [2.24, 2.45) is 0 Å². The smallest absolute Gasteiger partial charge is 0.352 e. The second kappa shape index (κ2) is 5.44. The van der Waals surface area contributed by atoms with E-state index in [1.165, 1.54) is 6.07 Å². The number of nitrogens with one attached hydrogen (secondary N) is 1. The van der Waals surface area contributed by atoms with Gasteiger partial charge in [-0.05, 0) is 24.6 Å². The molecule has 1 N–H and O–H groups in total. The molecule has 1 aromatic carbocycles. The Labute approximate surface area is 103 Å². The lowest BCUT2D eigenvalue weighted by molar-refractivity contribution is -0.132. The predicted octanol–water partition coefficient (Wildman–Crippen LogP) is 2.97. The van der Waals surface area contributed by atoms with Crippen LogP contribution in [0.3, 0.4) is 0 Å². The summed E-state index contributed by atoms with van der Waals surface area (Å²) in [6.45, 7) is 1.30. The molecule has 0 unspecified atom stereocenters. The van der Waals surface area contributed by atoms with Gasteiger partial charge >= 0.3 is 6.18 Å². The van der Waals surface area contributed by atoms with E-state index in [-0.39, 0.29) is 0 Å². The number of amides is 1. The zero-order valence-electron chi connectivity index (χ0n) is 9.14. The maximum Gasteiger partial charge on any atom is 0.390 e. The van der Waals surface area contributed by atoms with Crippen LogP contribution in [0.25, 0.3) is 0 Å². The van der Waals surface area contributed by atoms with Crippen LogP contribution in [0, 0.1) is 6.92 Å². The Morgan fingerprint density at radius 3 is 2.65 bits per heavy atom. The number of halogens is 3. The molecule has 0 heterocycles. The highest BCUT2D eigenvalue weighted by Gasteiger charge is 2.26. The molecule has 0 fully saturated rings. The van der Waals surface area contributed by atoms with Crippen LogP contribution in [0.5, 0.6) is 0 Å². The normalized spacial score (nSPS) is 11.4. The highest BCUT2D eigenvalue weighted by atomic mass is 32.1. The van der Waals surface area contributed by atoms with Crippen molar-refractivity contribution >= 4 is 18.5 Å². The monoisotopic (exact) mass is 263 g/mol. The minimum atomic E-state index is -4.26. The number of hydrogen-bond donors (Lipinski definition) is 2. The van der Waals surface area contributed by atoms with Gasteiger partial charge in [0.05, 0.1) is 6.42 Å². The van der Waals surface area contributed by atoms with Gasteiger partial charge in [0.1, 0.15) is 0 Å². The molecular formula is C11H12F3NOS. The number of rotatable bonds is 3. The van der Waals surface area contributed by atoms with Crippen molar-refractivity contribution in [3.63, 3.8) is 0 Å². The Bertz CT molecular complexity index is 418. The van der Waals surface area contributed by atoms with Crippen LogP contribution in [-0.4, -0.2) is 18.6 Å². The maximum atomic E-state index is 11.9. The Morgan fingerprint density at radius 2 is 2.06 bits per heavy atom. The molecule has 1 amide bonds. The Morgan fingerprint density at radius 1 is 1.41 bits per heavy atom. The lowest BCUT2D eigenvalue weighted by Gasteiger charge is -2.09. The predicted molar refractivity (Wildman–Crippen MR) is 61.4 cm³/mol. The van der Waals surface area contributed by atoms with Gasteiger partial charge in [-0.15, -0.1) is 12.6 Å². The molecule has 1 aromatic rings. The number of hydrogen-bond acceptors (Lipinski definition) is 2. The number of carbonyl (C=O) groups is 1. The van der Waals surface area contributed by atoms with E-state index in [1.54, 1.807) is 19.1 Å². The Kier molecular flexibility index (Phi) is 4.45. The minimum absolute atomic E-state index is 0.347. The molecular weight excluding hydrogens is 251 g/mol. The first-order valence-corrected chi connectivity index (χ1v) is 5.39. The molecule has 0 spiro atoms. The standard InChI is InChI=1S/C11H12F3NOS/c1-7-2-3-8(17)6-9(7)10(16)15-5-4-11(12,13)14/h2-3,6,17H,4-5H2,1H3,(H,15,16). The van der Waals surface area contributed by atoms with Gasteiger partial charge in [-0.25, -0.2) is 0 Å². The topological polar surface area (TPSA) is 29.1 Å². The Hall–Kier alpha value is -1.17. The van der Waals surface area contributed by atoms with E-state index in [4.69, 9.17) is 0 Å². The van der Waals surface area contributed by atoms with Crippen molar-refractivity contribution in [3.8, 4) is 0 Å². The molecule has 6 heteroatoms. The van der Waals surface area contributed by atoms with Crippen molar-refractivity contribution in [1.82, 2.24) is 5.32 Å². The average Bonchev–Trinajstić information content (AvgIpc) is 2.19. The fourth-order valence-corrected chi connectivity index (χ4v) is 1.47. The summed E-state index contributed by atoms with van der Waals surface area (Å²) in [5.74, 6) is -0.511. The maximum absolute atomic E-state index is 11.9. The van der Waals surface area contributed by atoms with Crippen LogP contribution in [-0.2, 0) is 0 Å². The van der Waals surface area contributed by atoms with E-state index >= 15 is 0 Å². The summed E-state index contributed by atoms with van der Waals surface area (Å²) in [6, 6.07) is 4.94. The van der Waals surface area contributed by atoms with Gasteiger partial charge in [-0.2, -0.15) is 13.2 Å². The Balaban J connectivity index is 2.61. The summed E-state index contributed by atoms with van der Waals surface area (Å²) in [5, 5.41) is 2.23. The first-order valence-electron chi connectivity index (χ1n) is 4.94. The van der Waals surface area contributed by atoms with E-state index in [0.717, 1.165) is 0 Å². The van der Waals surface area contributed by atoms with Gasteiger partial charge in [-0.3, -0.25) is 4.79 Å². The third-order valence-corrected chi connectivity index (χ3v) is 2.44. The second-order valence-corrected chi connectivity index (χ2v) is 4.14. The van der Waals surface area contributed by atoms with E-state index in [9.17, 15) is 18.0 Å². The summed E-state index contributed by atoms with van der Waals surface area (Å²) in [5.41, 5.74) is 1.05. The van der Waals surface area contributed by atoms with Crippen LogP contribution >= 0.6 is 12.6 Å². The van der Waals surface area contributed by atoms with Crippen LogP contribution in [0.2, 0.25) is 0 Å². The number of alkyl halides is 3. The number of benzene rings is 1. The van der Waals surface area contributed by atoms with Crippen molar-refractivity contribution in [1.29, 1.82) is 0 Å². The summed E-state index contributed by atoms with van der Waals surface area (Å²) in [7, 11) is 0. The molecule has 0 aliphatic heterocycles. The fourth-order valence-electron chi connectivity index (χ4n) is 1.27. The van der Waals surface area contributed by atoms with Gasteiger partial charge in [0.25, 0.3) is 5.91 Å². The van der Waals surface area contributed by atoms with Gasteiger partial charge in [0.15, 0.2) is 0 Å². The first-order chi connectivity index (χ1) is 7.79.